The van der Waals surface area contributed by atoms with Gasteiger partial charge in [0.2, 0.25) is 0 Å². The molecular formula is C27H32Si. The molecule has 0 saturated carbocycles. The lowest BCUT2D eigenvalue weighted by molar-refractivity contribution is 0.781. The van der Waals surface area contributed by atoms with Crippen molar-refractivity contribution in [3.63, 3.8) is 0 Å². The van der Waals surface area contributed by atoms with Gasteiger partial charge in [0.15, 0.2) is 0 Å². The van der Waals surface area contributed by atoms with Crippen LogP contribution in [0.3, 0.4) is 0 Å². The molecule has 4 rings (SSSR count). The van der Waals surface area contributed by atoms with Gasteiger partial charge in [-0.2, -0.15) is 0 Å². The summed E-state index contributed by atoms with van der Waals surface area (Å²) >= 11 is 0. The molecular weight excluding hydrogens is 352 g/mol. The number of allylic oxidation sites excluding steroid dienone is 3. The maximum absolute atomic E-state index is 3.93. The molecule has 2 unspecified atom stereocenters. The quantitative estimate of drug-likeness (QED) is 0.258. The molecule has 0 spiro atoms. The van der Waals surface area contributed by atoms with E-state index in [-0.39, 0.29) is 0 Å². The molecule has 144 valence electrons. The van der Waals surface area contributed by atoms with Crippen LogP contribution in [0, 0.1) is 0 Å². The van der Waals surface area contributed by atoms with Gasteiger partial charge in [0.1, 0.15) is 0 Å². The zero-order valence-electron chi connectivity index (χ0n) is 17.5. The number of unbranched alkanes of at least 4 members (excludes halogenated alkanes) is 2. The van der Waals surface area contributed by atoms with Crippen LogP contribution in [0.15, 0.2) is 72.3 Å². The molecule has 0 saturated heterocycles. The Morgan fingerprint density at radius 1 is 0.821 bits per heavy atom. The fraction of sp³-hybridized carbons (Fsp3) is 0.333. The molecule has 2 atom stereocenters. The second kappa shape index (κ2) is 7.71. The van der Waals surface area contributed by atoms with E-state index in [9.17, 15) is 0 Å². The van der Waals surface area contributed by atoms with Gasteiger partial charge in [0.25, 0.3) is 0 Å². The van der Waals surface area contributed by atoms with E-state index in [1.807, 2.05) is 0 Å². The average Bonchev–Trinajstić information content (AvgIpc) is 3.21. The van der Waals surface area contributed by atoms with E-state index in [4.69, 9.17) is 0 Å². The molecule has 0 N–H and O–H groups in total. The van der Waals surface area contributed by atoms with Gasteiger partial charge in [0, 0.05) is 11.1 Å². The zero-order chi connectivity index (χ0) is 19.7. The topological polar surface area (TPSA) is 0 Å². The summed E-state index contributed by atoms with van der Waals surface area (Å²) in [5, 5.41) is 0. The lowest BCUT2D eigenvalue weighted by atomic mass is 10.1. The Balaban J connectivity index is 1.79. The second-order valence-corrected chi connectivity index (χ2v) is 13.6. The summed E-state index contributed by atoms with van der Waals surface area (Å²) in [5.74, 6) is 0. The molecule has 28 heavy (non-hydrogen) atoms. The van der Waals surface area contributed by atoms with Crippen LogP contribution in [-0.4, -0.2) is 8.07 Å². The van der Waals surface area contributed by atoms with Gasteiger partial charge in [-0.05, 0) is 42.5 Å². The van der Waals surface area contributed by atoms with Crippen LogP contribution in [0.25, 0.3) is 12.2 Å². The molecule has 0 aromatic heterocycles. The van der Waals surface area contributed by atoms with Crippen molar-refractivity contribution in [3.8, 4) is 0 Å². The van der Waals surface area contributed by atoms with Crippen molar-refractivity contribution in [2.75, 3.05) is 0 Å². The minimum Gasteiger partial charge on any atom is -0.103 e. The fourth-order valence-corrected chi connectivity index (χ4v) is 12.1. The van der Waals surface area contributed by atoms with Gasteiger partial charge >= 0.3 is 0 Å². The van der Waals surface area contributed by atoms with Crippen LogP contribution in [0.2, 0.25) is 12.6 Å². The first-order chi connectivity index (χ1) is 13.6. The highest BCUT2D eigenvalue weighted by atomic mass is 28.3. The van der Waals surface area contributed by atoms with Gasteiger partial charge in [-0.3, -0.25) is 0 Å². The third kappa shape index (κ3) is 3.16. The van der Waals surface area contributed by atoms with E-state index in [2.05, 4.69) is 93.7 Å². The van der Waals surface area contributed by atoms with Gasteiger partial charge in [-0.1, -0.05) is 103 Å². The number of fused-ring (bicyclic) bond motifs is 2. The lowest BCUT2D eigenvalue weighted by Gasteiger charge is -2.42. The van der Waals surface area contributed by atoms with Crippen molar-refractivity contribution >= 4 is 20.2 Å². The number of benzene rings is 2. The van der Waals surface area contributed by atoms with E-state index in [1.165, 1.54) is 30.0 Å². The Labute approximate surface area is 171 Å². The largest absolute Gasteiger partial charge is 0.103 e. The molecule has 0 nitrogen and oxygen atoms in total. The Hall–Kier alpha value is -2.12. The second-order valence-electron chi connectivity index (χ2n) is 8.94. The van der Waals surface area contributed by atoms with Crippen LogP contribution in [0.4, 0.5) is 0 Å². The van der Waals surface area contributed by atoms with Gasteiger partial charge in [-0.25, -0.2) is 0 Å². The number of hydrogen-bond acceptors (Lipinski definition) is 0. The van der Waals surface area contributed by atoms with Crippen molar-refractivity contribution in [3.05, 3.63) is 94.6 Å². The molecule has 0 fully saturated rings. The molecule has 0 heterocycles. The summed E-state index contributed by atoms with van der Waals surface area (Å²) in [6, 6.07) is 19.6. The average molecular weight is 385 g/mol. The molecule has 0 amide bonds. The van der Waals surface area contributed by atoms with E-state index in [0.29, 0.717) is 11.1 Å². The smallest absolute Gasteiger partial charge is 0.0751 e. The third-order valence-corrected chi connectivity index (χ3v) is 12.6. The molecule has 2 aliphatic carbocycles. The van der Waals surface area contributed by atoms with Crippen LogP contribution in [-0.2, 0) is 0 Å². The zero-order valence-corrected chi connectivity index (χ0v) is 18.5. The summed E-state index contributed by atoms with van der Waals surface area (Å²) < 4.78 is 0. The Bertz CT molecular complexity index is 879. The minimum atomic E-state index is -1.73. The third-order valence-electron chi connectivity index (χ3n) is 6.98. The molecule has 2 aliphatic rings. The van der Waals surface area contributed by atoms with Crippen LogP contribution < -0.4 is 0 Å². The van der Waals surface area contributed by atoms with Gasteiger partial charge in [-0.15, -0.1) is 6.58 Å². The first kappa shape index (κ1) is 19.2. The standard InChI is InChI=1S/C27H32Si/c1-5-6-7-12-17-28(4,26-20(2)18-22-13-8-10-15-24(22)26)27-21(3)19-23-14-9-11-16-25(23)27/h5,8-11,13-16,18-19,26-27H,1,6-7,12,17H2,2-4H3. The Kier molecular flexibility index (Phi) is 5.29. The van der Waals surface area contributed by atoms with E-state index in [0.717, 1.165) is 6.42 Å². The maximum Gasteiger partial charge on any atom is 0.0751 e. The van der Waals surface area contributed by atoms with E-state index in [1.54, 1.807) is 22.3 Å². The highest BCUT2D eigenvalue weighted by Crippen LogP contribution is 2.54. The molecule has 0 bridgehead atoms. The summed E-state index contributed by atoms with van der Waals surface area (Å²) in [4.78, 5) is 0. The molecule has 0 aliphatic heterocycles. The van der Waals surface area contributed by atoms with Gasteiger partial charge < -0.3 is 0 Å². The predicted octanol–water partition coefficient (Wildman–Crippen LogP) is 7.90. The summed E-state index contributed by atoms with van der Waals surface area (Å²) in [6.07, 6.45) is 10.7. The van der Waals surface area contributed by atoms with Crippen molar-refractivity contribution in [1.82, 2.24) is 0 Å². The predicted molar refractivity (Wildman–Crippen MR) is 126 cm³/mol. The van der Waals surface area contributed by atoms with Crippen molar-refractivity contribution < 1.29 is 0 Å². The summed E-state index contributed by atoms with van der Waals surface area (Å²) in [5.41, 5.74) is 10.4. The number of hydrogen-bond donors (Lipinski definition) is 0. The molecule has 2 aromatic rings. The molecule has 1 heteroatoms. The Morgan fingerprint density at radius 2 is 1.32 bits per heavy atom. The SMILES string of the molecule is C=CCCCC[Si](C)(C1C(C)=Cc2ccccc21)C1C(C)=Cc2ccccc21. The summed E-state index contributed by atoms with van der Waals surface area (Å²) in [6.45, 7) is 11.4. The van der Waals surface area contributed by atoms with Crippen LogP contribution in [0.1, 0.15) is 66.4 Å². The van der Waals surface area contributed by atoms with Crippen LogP contribution >= 0.6 is 0 Å². The van der Waals surface area contributed by atoms with Crippen molar-refractivity contribution in [1.29, 1.82) is 0 Å². The molecule has 0 radical (unpaired) electrons. The number of rotatable bonds is 7. The Morgan fingerprint density at radius 3 is 1.82 bits per heavy atom. The van der Waals surface area contributed by atoms with Crippen LogP contribution in [0.5, 0.6) is 0 Å². The first-order valence-corrected chi connectivity index (χ1v) is 13.6. The maximum atomic E-state index is 3.93. The van der Waals surface area contributed by atoms with E-state index >= 15 is 0 Å². The van der Waals surface area contributed by atoms with E-state index < -0.39 is 8.07 Å². The summed E-state index contributed by atoms with van der Waals surface area (Å²) in [7, 11) is -1.73. The van der Waals surface area contributed by atoms with Crippen molar-refractivity contribution in [2.45, 2.75) is 56.8 Å². The lowest BCUT2D eigenvalue weighted by Crippen LogP contribution is -2.45. The minimum absolute atomic E-state index is 0.618. The monoisotopic (exact) mass is 384 g/mol. The highest BCUT2D eigenvalue weighted by Gasteiger charge is 2.49. The fourth-order valence-electron chi connectivity index (χ4n) is 5.96. The van der Waals surface area contributed by atoms with Gasteiger partial charge in [0.05, 0.1) is 8.07 Å². The van der Waals surface area contributed by atoms with Crippen molar-refractivity contribution in [2.24, 2.45) is 0 Å². The normalized spacial score (nSPS) is 22.1. The highest BCUT2D eigenvalue weighted by molar-refractivity contribution is 6.83. The first-order valence-electron chi connectivity index (χ1n) is 10.7. The molecule has 2 aromatic carbocycles.